The third kappa shape index (κ3) is 5.92. The minimum atomic E-state index is -0.377. The number of likely N-dealkylation sites (N-methyl/N-ethyl adjacent to an activating group) is 1. The maximum atomic E-state index is 13.6. The van der Waals surface area contributed by atoms with Crippen LogP contribution in [-0.2, 0) is 4.79 Å². The molecule has 138 valence electrons. The standard InChI is InChI=1S/C18H27FN4O2/c1-4-20-18(22-14-9-10-17(24)23(3)12-14)21-11-13(2)25-16-8-6-5-7-15(16)19/h5-8,13-14H,4,9-12H2,1-3H3,(H2,20,21,22). The number of carbonyl (C=O) groups is 1. The molecule has 1 aromatic rings. The van der Waals surface area contributed by atoms with Gasteiger partial charge in [0.05, 0.1) is 6.54 Å². The molecular formula is C18H27FN4O2. The number of nitrogens with zero attached hydrogens (tertiary/aromatic N) is 2. The number of carbonyl (C=O) groups excluding carboxylic acids is 1. The number of hydrogen-bond acceptors (Lipinski definition) is 3. The lowest BCUT2D eigenvalue weighted by Crippen LogP contribution is -2.51. The molecule has 1 fully saturated rings. The van der Waals surface area contributed by atoms with Crippen LogP contribution in [0, 0.1) is 5.82 Å². The smallest absolute Gasteiger partial charge is 0.222 e. The van der Waals surface area contributed by atoms with E-state index in [2.05, 4.69) is 15.6 Å². The molecule has 1 saturated heterocycles. The lowest BCUT2D eigenvalue weighted by molar-refractivity contribution is -0.132. The zero-order valence-electron chi connectivity index (χ0n) is 15.1. The summed E-state index contributed by atoms with van der Waals surface area (Å²) in [6.45, 7) is 5.63. The molecule has 0 aliphatic carbocycles. The van der Waals surface area contributed by atoms with Gasteiger partial charge in [-0.05, 0) is 32.4 Å². The quantitative estimate of drug-likeness (QED) is 0.606. The van der Waals surface area contributed by atoms with Gasteiger partial charge in [-0.1, -0.05) is 12.1 Å². The summed E-state index contributed by atoms with van der Waals surface area (Å²) in [7, 11) is 1.81. The molecule has 25 heavy (non-hydrogen) atoms. The van der Waals surface area contributed by atoms with E-state index in [4.69, 9.17) is 4.74 Å². The van der Waals surface area contributed by atoms with Crippen molar-refractivity contribution in [3.8, 4) is 5.75 Å². The van der Waals surface area contributed by atoms with Crippen molar-refractivity contribution in [1.82, 2.24) is 15.5 Å². The Hall–Kier alpha value is -2.31. The average molecular weight is 350 g/mol. The molecule has 2 N–H and O–H groups in total. The molecule has 6 nitrogen and oxygen atoms in total. The summed E-state index contributed by atoms with van der Waals surface area (Å²) in [4.78, 5) is 17.8. The van der Waals surface area contributed by atoms with E-state index in [-0.39, 0.29) is 29.6 Å². The number of halogens is 1. The van der Waals surface area contributed by atoms with Gasteiger partial charge in [0.1, 0.15) is 6.10 Å². The fraction of sp³-hybridized carbons (Fsp3) is 0.556. The van der Waals surface area contributed by atoms with Crippen molar-refractivity contribution in [2.24, 2.45) is 4.99 Å². The van der Waals surface area contributed by atoms with Gasteiger partial charge < -0.3 is 20.3 Å². The summed E-state index contributed by atoms with van der Waals surface area (Å²) < 4.78 is 19.2. The van der Waals surface area contributed by atoms with Crippen LogP contribution in [0.2, 0.25) is 0 Å². The van der Waals surface area contributed by atoms with Crippen LogP contribution in [-0.4, -0.2) is 55.6 Å². The third-order valence-electron chi connectivity index (χ3n) is 3.98. The van der Waals surface area contributed by atoms with Gasteiger partial charge in [0.15, 0.2) is 17.5 Å². The largest absolute Gasteiger partial charge is 0.486 e. The number of ether oxygens (including phenoxy) is 1. The summed E-state index contributed by atoms with van der Waals surface area (Å²) in [5.74, 6) is 0.708. The van der Waals surface area contributed by atoms with Crippen LogP contribution < -0.4 is 15.4 Å². The fourth-order valence-electron chi connectivity index (χ4n) is 2.66. The summed E-state index contributed by atoms with van der Waals surface area (Å²) >= 11 is 0. The first-order valence-electron chi connectivity index (χ1n) is 8.69. The highest BCUT2D eigenvalue weighted by atomic mass is 19.1. The van der Waals surface area contributed by atoms with Crippen molar-refractivity contribution in [2.45, 2.75) is 38.8 Å². The van der Waals surface area contributed by atoms with Crippen molar-refractivity contribution in [1.29, 1.82) is 0 Å². The van der Waals surface area contributed by atoms with Gasteiger partial charge in [0.2, 0.25) is 5.91 Å². The Balaban J connectivity index is 1.90. The van der Waals surface area contributed by atoms with Gasteiger partial charge in [-0.15, -0.1) is 0 Å². The Bertz CT molecular complexity index is 608. The monoisotopic (exact) mass is 350 g/mol. The fourth-order valence-corrected chi connectivity index (χ4v) is 2.66. The van der Waals surface area contributed by atoms with Crippen LogP contribution in [0.4, 0.5) is 4.39 Å². The van der Waals surface area contributed by atoms with Crippen LogP contribution in [0.1, 0.15) is 26.7 Å². The van der Waals surface area contributed by atoms with Crippen molar-refractivity contribution in [2.75, 3.05) is 26.7 Å². The third-order valence-corrected chi connectivity index (χ3v) is 3.98. The molecule has 0 aromatic heterocycles. The molecule has 2 atom stereocenters. The van der Waals surface area contributed by atoms with Gasteiger partial charge in [0.25, 0.3) is 0 Å². The van der Waals surface area contributed by atoms with Gasteiger partial charge in [-0.25, -0.2) is 9.38 Å². The van der Waals surface area contributed by atoms with E-state index in [1.54, 1.807) is 23.1 Å². The normalized spacial score (nSPS) is 19.5. The second kappa shape index (κ2) is 9.25. The molecule has 1 aliphatic rings. The van der Waals surface area contributed by atoms with E-state index < -0.39 is 0 Å². The van der Waals surface area contributed by atoms with E-state index in [9.17, 15) is 9.18 Å². The van der Waals surface area contributed by atoms with E-state index >= 15 is 0 Å². The van der Waals surface area contributed by atoms with Gasteiger partial charge >= 0.3 is 0 Å². The van der Waals surface area contributed by atoms with E-state index in [0.29, 0.717) is 25.5 Å². The zero-order valence-corrected chi connectivity index (χ0v) is 15.1. The highest BCUT2D eigenvalue weighted by molar-refractivity contribution is 5.81. The van der Waals surface area contributed by atoms with E-state index in [1.807, 2.05) is 20.9 Å². The van der Waals surface area contributed by atoms with Crippen LogP contribution in [0.15, 0.2) is 29.3 Å². The molecule has 7 heteroatoms. The molecule has 0 radical (unpaired) electrons. The van der Waals surface area contributed by atoms with Gasteiger partial charge in [-0.2, -0.15) is 0 Å². The second-order valence-corrected chi connectivity index (χ2v) is 6.23. The Morgan fingerprint density at radius 1 is 1.48 bits per heavy atom. The molecule has 0 bridgehead atoms. The molecule has 1 heterocycles. The topological polar surface area (TPSA) is 66.0 Å². The number of likely N-dealkylation sites (tertiary alicyclic amines) is 1. The van der Waals surface area contributed by atoms with Crippen LogP contribution in [0.5, 0.6) is 5.75 Å². The van der Waals surface area contributed by atoms with Gasteiger partial charge in [0, 0.05) is 32.6 Å². The molecule has 2 unspecified atom stereocenters. The Kier molecular flexibility index (Phi) is 7.03. The minimum Gasteiger partial charge on any atom is -0.486 e. The zero-order chi connectivity index (χ0) is 18.2. The minimum absolute atomic E-state index is 0.170. The predicted molar refractivity (Wildman–Crippen MR) is 96.3 cm³/mol. The van der Waals surface area contributed by atoms with Crippen LogP contribution >= 0.6 is 0 Å². The number of guanidine groups is 1. The van der Waals surface area contributed by atoms with Crippen molar-refractivity contribution < 1.29 is 13.9 Å². The summed E-state index contributed by atoms with van der Waals surface area (Å²) in [6.07, 6.45) is 1.07. The number of amides is 1. The first-order valence-corrected chi connectivity index (χ1v) is 8.69. The van der Waals surface area contributed by atoms with Crippen molar-refractivity contribution in [3.05, 3.63) is 30.1 Å². The molecule has 1 amide bonds. The number of aliphatic imine (C=N–C) groups is 1. The predicted octanol–water partition coefficient (Wildman–Crippen LogP) is 1.77. The highest BCUT2D eigenvalue weighted by Crippen LogP contribution is 2.17. The Morgan fingerprint density at radius 3 is 2.92 bits per heavy atom. The molecular weight excluding hydrogens is 323 g/mol. The highest BCUT2D eigenvalue weighted by Gasteiger charge is 2.23. The molecule has 1 aromatic carbocycles. The summed E-state index contributed by atoms with van der Waals surface area (Å²) in [6, 6.07) is 6.51. The summed E-state index contributed by atoms with van der Waals surface area (Å²) in [5, 5.41) is 6.55. The molecule has 0 saturated carbocycles. The van der Waals surface area contributed by atoms with Crippen molar-refractivity contribution >= 4 is 11.9 Å². The SMILES string of the molecule is CCNC(=NCC(C)Oc1ccccc1F)NC1CCC(=O)N(C)C1. The molecule has 0 spiro atoms. The van der Waals surface area contributed by atoms with Crippen LogP contribution in [0.25, 0.3) is 0 Å². The average Bonchev–Trinajstić information content (AvgIpc) is 2.58. The lowest BCUT2D eigenvalue weighted by atomic mass is 10.1. The van der Waals surface area contributed by atoms with Crippen molar-refractivity contribution in [3.63, 3.8) is 0 Å². The van der Waals surface area contributed by atoms with Crippen LogP contribution in [0.3, 0.4) is 0 Å². The summed E-state index contributed by atoms with van der Waals surface area (Å²) in [5.41, 5.74) is 0. The molecule has 2 rings (SSSR count). The number of hydrogen-bond donors (Lipinski definition) is 2. The number of rotatable bonds is 6. The Morgan fingerprint density at radius 2 is 2.24 bits per heavy atom. The maximum Gasteiger partial charge on any atom is 0.222 e. The first-order chi connectivity index (χ1) is 12.0. The number of nitrogens with one attached hydrogen (secondary N) is 2. The second-order valence-electron chi connectivity index (χ2n) is 6.23. The Labute approximate surface area is 148 Å². The number of piperidine rings is 1. The first kappa shape index (κ1) is 19.0. The molecule has 1 aliphatic heterocycles. The number of benzene rings is 1. The maximum absolute atomic E-state index is 13.6. The lowest BCUT2D eigenvalue weighted by Gasteiger charge is -2.31. The van der Waals surface area contributed by atoms with Gasteiger partial charge in [-0.3, -0.25) is 4.79 Å². The van der Waals surface area contributed by atoms with E-state index in [1.165, 1.54) is 6.07 Å². The number of para-hydroxylation sites is 1. The van der Waals surface area contributed by atoms with E-state index in [0.717, 1.165) is 13.0 Å².